The van der Waals surface area contributed by atoms with Gasteiger partial charge in [-0.2, -0.15) is 0 Å². The lowest BCUT2D eigenvalue weighted by Crippen LogP contribution is -2.34. The fourth-order valence-electron chi connectivity index (χ4n) is 2.83. The lowest BCUT2D eigenvalue weighted by molar-refractivity contribution is 0.124. The van der Waals surface area contributed by atoms with Crippen LogP contribution < -0.4 is 8.61 Å². The second kappa shape index (κ2) is 7.81. The highest BCUT2D eigenvalue weighted by atomic mass is 32.3. The van der Waals surface area contributed by atoms with E-state index in [0.29, 0.717) is 24.6 Å². The van der Waals surface area contributed by atoms with Crippen molar-refractivity contribution in [2.24, 2.45) is 0 Å². The van der Waals surface area contributed by atoms with Crippen molar-refractivity contribution in [1.82, 2.24) is 4.90 Å². The zero-order chi connectivity index (χ0) is 18.7. The van der Waals surface area contributed by atoms with E-state index in [2.05, 4.69) is 0 Å². The minimum atomic E-state index is -3.43. The molecule has 2 aromatic carbocycles. The van der Waals surface area contributed by atoms with Gasteiger partial charge in [-0.3, -0.25) is 9.11 Å². The Morgan fingerprint density at radius 2 is 1.58 bits per heavy atom. The van der Waals surface area contributed by atoms with Gasteiger partial charge in [0, 0.05) is 6.54 Å². The largest absolute Gasteiger partial charge is 0.378 e. The Kier molecular flexibility index (Phi) is 5.69. The summed E-state index contributed by atoms with van der Waals surface area (Å²) in [7, 11) is 0.493. The zero-order valence-corrected chi connectivity index (χ0v) is 15.7. The van der Waals surface area contributed by atoms with E-state index in [4.69, 9.17) is 4.74 Å². The van der Waals surface area contributed by atoms with Crippen LogP contribution in [0, 0.1) is 5.82 Å². The molecule has 0 aromatic heterocycles. The number of para-hydroxylation sites is 3. The van der Waals surface area contributed by atoms with E-state index in [0.717, 1.165) is 6.54 Å². The summed E-state index contributed by atoms with van der Waals surface area (Å²) in [5.74, 6) is -0.508. The second-order valence-electron chi connectivity index (χ2n) is 6.24. The summed E-state index contributed by atoms with van der Waals surface area (Å²) >= 11 is 0. The molecule has 142 valence electrons. The minimum absolute atomic E-state index is 0.135. The van der Waals surface area contributed by atoms with Crippen LogP contribution in [0.15, 0.2) is 48.5 Å². The molecule has 2 N–H and O–H groups in total. The topological polar surface area (TPSA) is 59.4 Å². The Labute approximate surface area is 155 Å². The number of fused-ring (bicyclic) bond motifs is 1. The third kappa shape index (κ3) is 3.65. The van der Waals surface area contributed by atoms with Gasteiger partial charge < -0.3 is 9.64 Å². The molecule has 0 saturated carbocycles. The SMILES string of the molecule is CN(C)CCOCCN1c2ccccc2N(c2ccccc2F)S1(O)O. The van der Waals surface area contributed by atoms with Gasteiger partial charge >= 0.3 is 0 Å². The molecule has 8 heteroatoms. The number of likely N-dealkylation sites (N-methyl/N-ethyl adjacent to an activating group) is 1. The first-order chi connectivity index (χ1) is 12.4. The van der Waals surface area contributed by atoms with E-state index in [1.165, 1.54) is 20.7 Å². The fraction of sp³-hybridized carbons (Fsp3) is 0.333. The van der Waals surface area contributed by atoms with Gasteiger partial charge in [0.25, 0.3) is 0 Å². The van der Waals surface area contributed by atoms with Gasteiger partial charge in [-0.1, -0.05) is 24.3 Å². The number of rotatable bonds is 7. The molecule has 0 aliphatic carbocycles. The molecule has 2 aromatic rings. The van der Waals surface area contributed by atoms with Gasteiger partial charge in [0.1, 0.15) is 11.5 Å². The molecule has 0 amide bonds. The first-order valence-electron chi connectivity index (χ1n) is 8.35. The minimum Gasteiger partial charge on any atom is -0.378 e. The standard InChI is InChI=1S/C18H24FN3O3S/c1-20(2)11-13-25-14-12-21-17-9-5-6-10-18(17)22(26(21,23)24)16-8-4-3-7-15(16)19/h3-10,23-24H,11-14H2,1-2H3. The van der Waals surface area contributed by atoms with Crippen molar-refractivity contribution in [3.8, 4) is 0 Å². The van der Waals surface area contributed by atoms with E-state index in [1.807, 2.05) is 25.1 Å². The lowest BCUT2D eigenvalue weighted by Gasteiger charge is -2.43. The molecule has 26 heavy (non-hydrogen) atoms. The molecule has 0 atom stereocenters. The van der Waals surface area contributed by atoms with Gasteiger partial charge in [-0.15, -0.1) is 0 Å². The molecule has 6 nitrogen and oxygen atoms in total. The van der Waals surface area contributed by atoms with Crippen LogP contribution in [-0.2, 0) is 4.74 Å². The van der Waals surface area contributed by atoms with Crippen LogP contribution in [0.1, 0.15) is 0 Å². The number of anilines is 3. The first-order valence-corrected chi connectivity index (χ1v) is 9.81. The number of ether oxygens (including phenoxy) is 1. The Morgan fingerprint density at radius 1 is 0.962 bits per heavy atom. The molecule has 0 saturated heterocycles. The van der Waals surface area contributed by atoms with Crippen molar-refractivity contribution < 1.29 is 18.2 Å². The smallest absolute Gasteiger partial charge is 0.148 e. The number of halogens is 1. The normalized spacial score (nSPS) is 16.8. The van der Waals surface area contributed by atoms with Gasteiger partial charge in [0.15, 0.2) is 0 Å². The lowest BCUT2D eigenvalue weighted by atomic mass is 10.2. The van der Waals surface area contributed by atoms with Crippen LogP contribution in [0.5, 0.6) is 0 Å². The van der Waals surface area contributed by atoms with Gasteiger partial charge in [0.2, 0.25) is 0 Å². The van der Waals surface area contributed by atoms with Crippen LogP contribution in [0.2, 0.25) is 0 Å². The Morgan fingerprint density at radius 3 is 2.23 bits per heavy atom. The molecule has 0 unspecified atom stereocenters. The summed E-state index contributed by atoms with van der Waals surface area (Å²) < 4.78 is 44.5. The first kappa shape index (κ1) is 18.9. The molecular formula is C18H24FN3O3S. The quantitative estimate of drug-likeness (QED) is 0.709. The molecule has 1 heterocycles. The molecule has 0 fully saturated rings. The molecule has 1 aliphatic rings. The average molecular weight is 381 g/mol. The Bertz CT molecular complexity index is 760. The predicted octanol–water partition coefficient (Wildman–Crippen LogP) is 3.94. The Balaban J connectivity index is 1.84. The van der Waals surface area contributed by atoms with Crippen molar-refractivity contribution in [2.75, 3.05) is 49.0 Å². The average Bonchev–Trinajstić information content (AvgIpc) is 2.82. The van der Waals surface area contributed by atoms with Crippen LogP contribution in [0.25, 0.3) is 0 Å². The van der Waals surface area contributed by atoms with Gasteiger partial charge in [0.05, 0.1) is 31.1 Å². The highest BCUT2D eigenvalue weighted by Gasteiger charge is 2.42. The molecule has 0 radical (unpaired) electrons. The maximum atomic E-state index is 14.3. The third-order valence-electron chi connectivity index (χ3n) is 4.10. The van der Waals surface area contributed by atoms with Crippen LogP contribution in [-0.4, -0.2) is 54.4 Å². The molecule has 0 bridgehead atoms. The van der Waals surface area contributed by atoms with E-state index in [9.17, 15) is 13.5 Å². The van der Waals surface area contributed by atoms with Crippen LogP contribution >= 0.6 is 11.0 Å². The van der Waals surface area contributed by atoms with Crippen molar-refractivity contribution in [2.45, 2.75) is 0 Å². The van der Waals surface area contributed by atoms with Gasteiger partial charge in [-0.25, -0.2) is 13.0 Å². The van der Waals surface area contributed by atoms with Crippen molar-refractivity contribution in [3.05, 3.63) is 54.3 Å². The molecular weight excluding hydrogens is 357 g/mol. The summed E-state index contributed by atoms with van der Waals surface area (Å²) in [5.41, 5.74) is 1.34. The van der Waals surface area contributed by atoms with E-state index in [1.54, 1.807) is 30.3 Å². The maximum absolute atomic E-state index is 14.3. The Hall–Kier alpha value is -1.84. The maximum Gasteiger partial charge on any atom is 0.148 e. The number of hydrogen-bond acceptors (Lipinski definition) is 6. The molecule has 3 rings (SSSR count). The summed E-state index contributed by atoms with van der Waals surface area (Å²) in [6.07, 6.45) is 0. The predicted molar refractivity (Wildman–Crippen MR) is 105 cm³/mol. The number of benzene rings is 2. The third-order valence-corrected chi connectivity index (χ3v) is 5.96. The summed E-state index contributed by atoms with van der Waals surface area (Å²) in [5, 5.41) is 0. The summed E-state index contributed by atoms with van der Waals surface area (Å²) in [6, 6.07) is 13.2. The number of nitrogens with zero attached hydrogens (tertiary/aromatic N) is 3. The molecule has 1 aliphatic heterocycles. The van der Waals surface area contributed by atoms with E-state index < -0.39 is 16.8 Å². The molecule has 0 spiro atoms. The monoisotopic (exact) mass is 381 g/mol. The summed E-state index contributed by atoms with van der Waals surface area (Å²) in [4.78, 5) is 2.01. The van der Waals surface area contributed by atoms with Crippen LogP contribution in [0.3, 0.4) is 0 Å². The highest BCUT2D eigenvalue weighted by molar-refractivity contribution is 8.27. The number of hydrogen-bond donors (Lipinski definition) is 2. The van der Waals surface area contributed by atoms with Gasteiger partial charge in [-0.05, 0) is 49.3 Å². The fourth-order valence-corrected chi connectivity index (χ4v) is 4.59. The van der Waals surface area contributed by atoms with Crippen molar-refractivity contribution in [3.63, 3.8) is 0 Å². The highest BCUT2D eigenvalue weighted by Crippen LogP contribution is 2.64. The summed E-state index contributed by atoms with van der Waals surface area (Å²) in [6.45, 7) is 1.97. The zero-order valence-electron chi connectivity index (χ0n) is 14.9. The van der Waals surface area contributed by atoms with Crippen molar-refractivity contribution >= 4 is 28.0 Å². The van der Waals surface area contributed by atoms with Crippen LogP contribution in [0.4, 0.5) is 21.5 Å². The van der Waals surface area contributed by atoms with E-state index >= 15 is 0 Å². The van der Waals surface area contributed by atoms with E-state index in [-0.39, 0.29) is 12.2 Å². The second-order valence-corrected chi connectivity index (χ2v) is 8.03. The van der Waals surface area contributed by atoms with Crippen molar-refractivity contribution in [1.29, 1.82) is 0 Å².